The average molecular weight is 280 g/mol. The van der Waals surface area contributed by atoms with Crippen LogP contribution in [0.25, 0.3) is 0 Å². The first-order valence-corrected chi connectivity index (χ1v) is 6.92. The molecule has 1 aliphatic heterocycles. The predicted octanol–water partition coefficient (Wildman–Crippen LogP) is 1.52. The fourth-order valence-corrected chi connectivity index (χ4v) is 2.18. The second kappa shape index (κ2) is 6.70. The first-order valence-electron chi connectivity index (χ1n) is 6.92. The minimum Gasteiger partial charge on any atom is -0.492 e. The lowest BCUT2D eigenvalue weighted by Crippen LogP contribution is -2.50. The van der Waals surface area contributed by atoms with Crippen LogP contribution in [0.2, 0.25) is 0 Å². The molecule has 1 fully saturated rings. The van der Waals surface area contributed by atoms with Gasteiger partial charge in [0.2, 0.25) is 5.91 Å². The van der Waals surface area contributed by atoms with Crippen molar-refractivity contribution in [3.63, 3.8) is 0 Å². The maximum absolute atomic E-state index is 13.0. The molecular formula is C15H21FN2O2. The molecule has 1 aromatic rings. The van der Waals surface area contributed by atoms with Crippen molar-refractivity contribution in [3.05, 3.63) is 30.1 Å². The molecule has 1 aliphatic rings. The quantitative estimate of drug-likeness (QED) is 0.859. The van der Waals surface area contributed by atoms with Gasteiger partial charge in [-0.05, 0) is 31.1 Å². The molecule has 1 saturated heterocycles. The number of halogens is 1. The van der Waals surface area contributed by atoms with Gasteiger partial charge in [0.05, 0.1) is 6.54 Å². The van der Waals surface area contributed by atoms with E-state index in [1.54, 1.807) is 24.1 Å². The molecule has 1 aromatic carbocycles. The third kappa shape index (κ3) is 3.70. The van der Waals surface area contributed by atoms with E-state index in [4.69, 9.17) is 4.74 Å². The zero-order chi connectivity index (χ0) is 14.5. The number of amides is 1. The summed E-state index contributed by atoms with van der Waals surface area (Å²) in [6.45, 7) is 4.67. The van der Waals surface area contributed by atoms with Crippen LogP contribution in [0.1, 0.15) is 6.92 Å². The molecule has 1 atom stereocenters. The summed E-state index contributed by atoms with van der Waals surface area (Å²) < 4.78 is 18.4. The van der Waals surface area contributed by atoms with Crippen LogP contribution in [0.15, 0.2) is 24.3 Å². The van der Waals surface area contributed by atoms with Crippen molar-refractivity contribution in [2.75, 3.05) is 33.3 Å². The van der Waals surface area contributed by atoms with Gasteiger partial charge in [-0.15, -0.1) is 0 Å². The lowest BCUT2D eigenvalue weighted by atomic mass is 9.88. The summed E-state index contributed by atoms with van der Waals surface area (Å²) in [6, 6.07) is 6.01. The Balaban J connectivity index is 1.74. The van der Waals surface area contributed by atoms with Gasteiger partial charge in [0, 0.05) is 19.0 Å². The van der Waals surface area contributed by atoms with E-state index in [0.717, 1.165) is 13.1 Å². The summed E-state index contributed by atoms with van der Waals surface area (Å²) in [7, 11) is 1.78. The monoisotopic (exact) mass is 280 g/mol. The Morgan fingerprint density at radius 1 is 1.55 bits per heavy atom. The van der Waals surface area contributed by atoms with Crippen molar-refractivity contribution in [2.45, 2.75) is 6.92 Å². The molecule has 1 N–H and O–H groups in total. The van der Waals surface area contributed by atoms with Gasteiger partial charge in [0.1, 0.15) is 18.2 Å². The highest BCUT2D eigenvalue weighted by Crippen LogP contribution is 2.18. The molecule has 5 heteroatoms. The highest BCUT2D eigenvalue weighted by Gasteiger charge is 2.30. The lowest BCUT2D eigenvalue weighted by Gasteiger charge is -2.33. The van der Waals surface area contributed by atoms with Crippen molar-refractivity contribution in [2.24, 2.45) is 11.8 Å². The standard InChI is InChI=1S/C15H21FN2O2/c1-11(12-9-17-10-12)15(19)18(2)6-7-20-14-5-3-4-13(16)8-14/h3-5,8,11-12,17H,6-7,9-10H2,1-2H3. The molecule has 1 amide bonds. The van der Waals surface area contributed by atoms with Gasteiger partial charge >= 0.3 is 0 Å². The minimum atomic E-state index is -0.321. The zero-order valence-corrected chi connectivity index (χ0v) is 11.9. The van der Waals surface area contributed by atoms with E-state index < -0.39 is 0 Å². The van der Waals surface area contributed by atoms with Crippen molar-refractivity contribution in [1.82, 2.24) is 10.2 Å². The van der Waals surface area contributed by atoms with E-state index in [9.17, 15) is 9.18 Å². The Labute approximate surface area is 118 Å². The van der Waals surface area contributed by atoms with E-state index in [0.29, 0.717) is 24.8 Å². The molecule has 20 heavy (non-hydrogen) atoms. The third-order valence-corrected chi connectivity index (χ3v) is 3.78. The SMILES string of the molecule is CC(C(=O)N(C)CCOc1cccc(F)c1)C1CNC1. The van der Waals surface area contributed by atoms with Crippen molar-refractivity contribution < 1.29 is 13.9 Å². The topological polar surface area (TPSA) is 41.6 Å². The predicted molar refractivity (Wildman–Crippen MR) is 75.1 cm³/mol. The van der Waals surface area contributed by atoms with Gasteiger partial charge in [-0.3, -0.25) is 4.79 Å². The smallest absolute Gasteiger partial charge is 0.225 e. The molecular weight excluding hydrogens is 259 g/mol. The summed E-state index contributed by atoms with van der Waals surface area (Å²) >= 11 is 0. The highest BCUT2D eigenvalue weighted by molar-refractivity contribution is 5.78. The molecule has 2 rings (SSSR count). The molecule has 1 heterocycles. The zero-order valence-electron chi connectivity index (χ0n) is 11.9. The maximum atomic E-state index is 13.0. The molecule has 0 aromatic heterocycles. The molecule has 0 bridgehead atoms. The number of carbonyl (C=O) groups excluding carboxylic acids is 1. The van der Waals surface area contributed by atoms with Crippen LogP contribution < -0.4 is 10.1 Å². The van der Waals surface area contributed by atoms with Gasteiger partial charge in [0.25, 0.3) is 0 Å². The Hall–Kier alpha value is -1.62. The third-order valence-electron chi connectivity index (χ3n) is 3.78. The van der Waals surface area contributed by atoms with Crippen LogP contribution >= 0.6 is 0 Å². The number of nitrogens with one attached hydrogen (secondary N) is 1. The van der Waals surface area contributed by atoms with Crippen LogP contribution in [-0.2, 0) is 4.79 Å². The Morgan fingerprint density at radius 3 is 2.90 bits per heavy atom. The van der Waals surface area contributed by atoms with Gasteiger partial charge in [-0.1, -0.05) is 13.0 Å². The molecule has 0 spiro atoms. The van der Waals surface area contributed by atoms with Gasteiger partial charge in [-0.25, -0.2) is 4.39 Å². The maximum Gasteiger partial charge on any atom is 0.225 e. The average Bonchev–Trinajstić information content (AvgIpc) is 2.35. The first kappa shape index (κ1) is 14.8. The number of rotatable bonds is 6. The number of likely N-dealkylation sites (N-methyl/N-ethyl adjacent to an activating group) is 1. The molecule has 110 valence electrons. The van der Waals surface area contributed by atoms with E-state index >= 15 is 0 Å². The Kier molecular flexibility index (Phi) is 4.95. The fourth-order valence-electron chi connectivity index (χ4n) is 2.18. The van der Waals surface area contributed by atoms with Gasteiger partial charge in [0.15, 0.2) is 0 Å². The van der Waals surface area contributed by atoms with Gasteiger partial charge in [-0.2, -0.15) is 0 Å². The van der Waals surface area contributed by atoms with Crippen molar-refractivity contribution in [3.8, 4) is 5.75 Å². The van der Waals surface area contributed by atoms with Crippen LogP contribution in [-0.4, -0.2) is 44.1 Å². The highest BCUT2D eigenvalue weighted by atomic mass is 19.1. The van der Waals surface area contributed by atoms with Crippen LogP contribution in [0.3, 0.4) is 0 Å². The summed E-state index contributed by atoms with van der Waals surface area (Å²) in [5.74, 6) is 0.781. The normalized spacial score (nSPS) is 16.4. The van der Waals surface area contributed by atoms with E-state index in [1.165, 1.54) is 12.1 Å². The number of nitrogens with zero attached hydrogens (tertiary/aromatic N) is 1. The number of benzene rings is 1. The number of hydrogen-bond acceptors (Lipinski definition) is 3. The number of hydrogen-bond donors (Lipinski definition) is 1. The second-order valence-corrected chi connectivity index (χ2v) is 5.27. The summed E-state index contributed by atoms with van der Waals surface area (Å²) in [4.78, 5) is 13.8. The first-order chi connectivity index (χ1) is 9.58. The van der Waals surface area contributed by atoms with Crippen LogP contribution in [0, 0.1) is 17.7 Å². The largest absolute Gasteiger partial charge is 0.492 e. The molecule has 0 aliphatic carbocycles. The van der Waals surface area contributed by atoms with Gasteiger partial charge < -0.3 is 15.0 Å². The van der Waals surface area contributed by atoms with E-state index in [1.807, 2.05) is 6.92 Å². The van der Waals surface area contributed by atoms with Crippen LogP contribution in [0.4, 0.5) is 4.39 Å². The molecule has 0 saturated carbocycles. The van der Waals surface area contributed by atoms with Crippen molar-refractivity contribution in [1.29, 1.82) is 0 Å². The Bertz CT molecular complexity index is 463. The summed E-state index contributed by atoms with van der Waals surface area (Å²) in [5, 5.41) is 3.17. The molecule has 1 unspecified atom stereocenters. The lowest BCUT2D eigenvalue weighted by molar-refractivity contribution is -0.136. The Morgan fingerprint density at radius 2 is 2.30 bits per heavy atom. The summed E-state index contributed by atoms with van der Waals surface area (Å²) in [6.07, 6.45) is 0. The van der Waals surface area contributed by atoms with E-state index in [-0.39, 0.29) is 17.6 Å². The minimum absolute atomic E-state index is 0.0374. The van der Waals surface area contributed by atoms with Crippen molar-refractivity contribution >= 4 is 5.91 Å². The van der Waals surface area contributed by atoms with Crippen LogP contribution in [0.5, 0.6) is 5.75 Å². The van der Waals surface area contributed by atoms with E-state index in [2.05, 4.69) is 5.32 Å². The summed E-state index contributed by atoms with van der Waals surface area (Å²) in [5.41, 5.74) is 0. The second-order valence-electron chi connectivity index (χ2n) is 5.27. The fraction of sp³-hybridized carbons (Fsp3) is 0.533. The molecule has 0 radical (unpaired) electrons. The number of carbonyl (C=O) groups is 1. The number of ether oxygens (including phenoxy) is 1. The molecule has 4 nitrogen and oxygen atoms in total.